The molecule has 92 valence electrons. The number of carbonyl (C=O) groups excluding carboxylic acids is 1. The molecule has 4 heteroatoms. The van der Waals surface area contributed by atoms with Gasteiger partial charge in [-0.1, -0.05) is 0 Å². The molecule has 0 spiro atoms. The molecule has 1 saturated carbocycles. The molecule has 0 bridgehead atoms. The third-order valence-corrected chi connectivity index (χ3v) is 3.31. The van der Waals surface area contributed by atoms with Crippen LogP contribution in [0.15, 0.2) is 18.3 Å². The van der Waals surface area contributed by atoms with Gasteiger partial charge < -0.3 is 10.2 Å². The lowest BCUT2D eigenvalue weighted by Crippen LogP contribution is -2.41. The molecular weight excluding hydrogens is 214 g/mol. The molecule has 0 saturated heterocycles. The number of nitrogens with zero attached hydrogens (tertiary/aromatic N) is 2. The minimum atomic E-state index is 0.0257. The van der Waals surface area contributed by atoms with Crippen LogP contribution in [0.5, 0.6) is 0 Å². The van der Waals surface area contributed by atoms with Crippen molar-refractivity contribution in [3.63, 3.8) is 0 Å². The van der Waals surface area contributed by atoms with Crippen LogP contribution in [0.25, 0.3) is 0 Å². The van der Waals surface area contributed by atoms with E-state index in [0.717, 1.165) is 25.1 Å². The van der Waals surface area contributed by atoms with Crippen molar-refractivity contribution >= 4 is 11.6 Å². The summed E-state index contributed by atoms with van der Waals surface area (Å²) < 4.78 is 0. The molecule has 0 aliphatic heterocycles. The molecule has 4 nitrogen and oxygen atoms in total. The molecule has 1 amide bonds. The first-order valence-electron chi connectivity index (χ1n) is 6.19. The summed E-state index contributed by atoms with van der Waals surface area (Å²) in [5, 5.41) is 3.16. The van der Waals surface area contributed by atoms with Gasteiger partial charge in [-0.3, -0.25) is 4.79 Å². The van der Waals surface area contributed by atoms with Crippen molar-refractivity contribution in [2.75, 3.05) is 18.9 Å². The fraction of sp³-hybridized carbons (Fsp3) is 0.538. The Balaban J connectivity index is 2.03. The SMILES string of the molecule is CCNc1ccc(C(=O)N(C)C2CCC2)nc1. The second-order valence-corrected chi connectivity index (χ2v) is 4.46. The topological polar surface area (TPSA) is 45.2 Å². The maximum atomic E-state index is 12.1. The smallest absolute Gasteiger partial charge is 0.272 e. The zero-order valence-corrected chi connectivity index (χ0v) is 10.4. The Bertz CT molecular complexity index is 384. The summed E-state index contributed by atoms with van der Waals surface area (Å²) in [5.41, 5.74) is 1.48. The van der Waals surface area contributed by atoms with Crippen LogP contribution < -0.4 is 5.32 Å². The average Bonchev–Trinajstić information content (AvgIpc) is 2.27. The fourth-order valence-corrected chi connectivity index (χ4v) is 1.95. The summed E-state index contributed by atoms with van der Waals surface area (Å²) >= 11 is 0. The Morgan fingerprint density at radius 2 is 2.29 bits per heavy atom. The van der Waals surface area contributed by atoms with Gasteiger partial charge in [0.25, 0.3) is 5.91 Å². The van der Waals surface area contributed by atoms with E-state index < -0.39 is 0 Å². The molecule has 1 N–H and O–H groups in total. The molecule has 1 heterocycles. The molecule has 0 atom stereocenters. The average molecular weight is 233 g/mol. The van der Waals surface area contributed by atoms with Gasteiger partial charge in [0, 0.05) is 19.6 Å². The molecule has 0 radical (unpaired) electrons. The maximum Gasteiger partial charge on any atom is 0.272 e. The van der Waals surface area contributed by atoms with Crippen LogP contribution in [-0.2, 0) is 0 Å². The first-order valence-corrected chi connectivity index (χ1v) is 6.19. The Morgan fingerprint density at radius 3 is 2.76 bits per heavy atom. The van der Waals surface area contributed by atoms with E-state index in [2.05, 4.69) is 10.3 Å². The summed E-state index contributed by atoms with van der Waals surface area (Å²) in [6.45, 7) is 2.89. The highest BCUT2D eigenvalue weighted by Crippen LogP contribution is 2.24. The first kappa shape index (κ1) is 11.9. The van der Waals surface area contributed by atoms with Gasteiger partial charge in [0.1, 0.15) is 5.69 Å². The fourth-order valence-electron chi connectivity index (χ4n) is 1.95. The minimum absolute atomic E-state index is 0.0257. The van der Waals surface area contributed by atoms with Crippen molar-refractivity contribution in [1.29, 1.82) is 0 Å². The highest BCUT2D eigenvalue weighted by Gasteiger charge is 2.26. The molecular formula is C13H19N3O. The van der Waals surface area contributed by atoms with Crippen molar-refractivity contribution in [1.82, 2.24) is 9.88 Å². The van der Waals surface area contributed by atoms with Gasteiger partial charge in [0.2, 0.25) is 0 Å². The first-order chi connectivity index (χ1) is 8.22. The number of pyridine rings is 1. The predicted molar refractivity (Wildman–Crippen MR) is 68.1 cm³/mol. The van der Waals surface area contributed by atoms with Crippen LogP contribution in [0, 0.1) is 0 Å². The summed E-state index contributed by atoms with van der Waals surface area (Å²) in [6, 6.07) is 4.10. The largest absolute Gasteiger partial charge is 0.384 e. The van der Waals surface area contributed by atoms with E-state index >= 15 is 0 Å². The minimum Gasteiger partial charge on any atom is -0.384 e. The number of amides is 1. The van der Waals surface area contributed by atoms with Gasteiger partial charge in [0.05, 0.1) is 11.9 Å². The second kappa shape index (κ2) is 5.17. The van der Waals surface area contributed by atoms with Crippen LogP contribution in [-0.4, -0.2) is 35.4 Å². The van der Waals surface area contributed by atoms with Crippen molar-refractivity contribution in [2.24, 2.45) is 0 Å². The third-order valence-electron chi connectivity index (χ3n) is 3.31. The molecule has 2 rings (SSSR count). The second-order valence-electron chi connectivity index (χ2n) is 4.46. The van der Waals surface area contributed by atoms with Gasteiger partial charge in [-0.15, -0.1) is 0 Å². The van der Waals surface area contributed by atoms with Crippen LogP contribution >= 0.6 is 0 Å². The normalized spacial score (nSPS) is 15.2. The molecule has 0 aromatic carbocycles. The molecule has 1 aromatic rings. The molecule has 1 fully saturated rings. The van der Waals surface area contributed by atoms with Crippen molar-refractivity contribution in [2.45, 2.75) is 32.2 Å². The van der Waals surface area contributed by atoms with Gasteiger partial charge >= 0.3 is 0 Å². The van der Waals surface area contributed by atoms with E-state index in [9.17, 15) is 4.79 Å². The van der Waals surface area contributed by atoms with E-state index in [-0.39, 0.29) is 5.91 Å². The number of hydrogen-bond acceptors (Lipinski definition) is 3. The summed E-state index contributed by atoms with van der Waals surface area (Å²) in [6.07, 6.45) is 5.19. The van der Waals surface area contributed by atoms with Gasteiger partial charge in [-0.2, -0.15) is 0 Å². The lowest BCUT2D eigenvalue weighted by molar-refractivity contribution is 0.0646. The Kier molecular flexibility index (Phi) is 3.61. The molecule has 17 heavy (non-hydrogen) atoms. The van der Waals surface area contributed by atoms with Crippen LogP contribution in [0.1, 0.15) is 36.7 Å². The Hall–Kier alpha value is -1.58. The molecule has 1 aliphatic carbocycles. The number of carbonyl (C=O) groups is 1. The lowest BCUT2D eigenvalue weighted by Gasteiger charge is -2.34. The zero-order valence-electron chi connectivity index (χ0n) is 10.4. The zero-order chi connectivity index (χ0) is 12.3. The summed E-state index contributed by atoms with van der Waals surface area (Å²) in [5.74, 6) is 0.0257. The summed E-state index contributed by atoms with van der Waals surface area (Å²) in [4.78, 5) is 18.1. The number of hydrogen-bond donors (Lipinski definition) is 1. The Labute approximate surface area is 102 Å². The van der Waals surface area contributed by atoms with E-state index in [1.165, 1.54) is 6.42 Å². The molecule has 1 aliphatic rings. The lowest BCUT2D eigenvalue weighted by atomic mass is 9.92. The predicted octanol–water partition coefficient (Wildman–Crippen LogP) is 2.14. The van der Waals surface area contributed by atoms with Crippen LogP contribution in [0.3, 0.4) is 0 Å². The van der Waals surface area contributed by atoms with Crippen molar-refractivity contribution in [3.05, 3.63) is 24.0 Å². The maximum absolute atomic E-state index is 12.1. The van der Waals surface area contributed by atoms with E-state index in [1.807, 2.05) is 24.9 Å². The molecule has 1 aromatic heterocycles. The number of anilines is 1. The standard InChI is InChI=1S/C13H19N3O/c1-3-14-10-7-8-12(15-9-10)13(17)16(2)11-5-4-6-11/h7-9,11,14H,3-6H2,1-2H3. The highest BCUT2D eigenvalue weighted by atomic mass is 16.2. The number of rotatable bonds is 4. The number of nitrogens with one attached hydrogen (secondary N) is 1. The summed E-state index contributed by atoms with van der Waals surface area (Å²) in [7, 11) is 1.87. The quantitative estimate of drug-likeness (QED) is 0.866. The molecule has 0 unspecified atom stereocenters. The third kappa shape index (κ3) is 2.57. The van der Waals surface area contributed by atoms with Crippen LogP contribution in [0.2, 0.25) is 0 Å². The van der Waals surface area contributed by atoms with E-state index in [4.69, 9.17) is 0 Å². The van der Waals surface area contributed by atoms with Gasteiger partial charge in [-0.25, -0.2) is 4.98 Å². The number of aromatic nitrogens is 1. The monoisotopic (exact) mass is 233 g/mol. The van der Waals surface area contributed by atoms with Crippen molar-refractivity contribution in [3.8, 4) is 0 Å². The van der Waals surface area contributed by atoms with E-state index in [0.29, 0.717) is 11.7 Å². The highest BCUT2D eigenvalue weighted by molar-refractivity contribution is 5.92. The van der Waals surface area contributed by atoms with E-state index in [1.54, 1.807) is 12.3 Å². The Morgan fingerprint density at radius 1 is 1.53 bits per heavy atom. The van der Waals surface area contributed by atoms with Crippen molar-refractivity contribution < 1.29 is 4.79 Å². The van der Waals surface area contributed by atoms with Gasteiger partial charge in [0.15, 0.2) is 0 Å². The van der Waals surface area contributed by atoms with Gasteiger partial charge in [-0.05, 0) is 38.3 Å². The van der Waals surface area contributed by atoms with Crippen LogP contribution in [0.4, 0.5) is 5.69 Å².